The first kappa shape index (κ1) is 23.4. The molecule has 2 nitrogen and oxygen atoms in total. The lowest BCUT2D eigenvalue weighted by molar-refractivity contribution is -0.147. The Balaban J connectivity index is 3.55. The molecular weight excluding hydrogens is 399 g/mol. The fourth-order valence-corrected chi connectivity index (χ4v) is 2.69. The Morgan fingerprint density at radius 3 is 1.91 bits per heavy atom. The fourth-order valence-electron chi connectivity index (χ4n) is 2.34. The number of allylic oxidation sites excluding steroid dienone is 2. The fraction of sp³-hybridized carbons (Fsp3) is 0.900. The van der Waals surface area contributed by atoms with Crippen LogP contribution < -0.4 is 0 Å². The second kappa shape index (κ2) is 20.4. The Kier molecular flexibility index (Phi) is 20.8. The second-order valence-electron chi connectivity index (χ2n) is 6.17. The summed E-state index contributed by atoms with van der Waals surface area (Å²) in [6.45, 7) is 6.09. The first-order valence-electron chi connectivity index (χ1n) is 9.79. The molecule has 0 bridgehead atoms. The normalized spacial score (nSPS) is 11.8. The molecule has 0 radical (unpaired) electrons. The zero-order valence-electron chi connectivity index (χ0n) is 15.5. The summed E-state index contributed by atoms with van der Waals surface area (Å²) in [4.78, 5) is 0. The van der Waals surface area contributed by atoms with Gasteiger partial charge in [0.05, 0.1) is 0 Å². The summed E-state index contributed by atoms with van der Waals surface area (Å²) >= 11 is 2.42. The maximum atomic E-state index is 5.88. The number of hydrogen-bond acceptors (Lipinski definition) is 2. The minimum absolute atomic E-state index is 0.0318. The quantitative estimate of drug-likeness (QED) is 0.0750. The van der Waals surface area contributed by atoms with Gasteiger partial charge in [-0.3, -0.25) is 0 Å². The van der Waals surface area contributed by atoms with Crippen LogP contribution in [0, 0.1) is 0 Å². The standard InChI is InChI=1S/C20H39IO2/c1-3-5-18-22-20(23-19-6-4-2)16-14-12-10-8-7-9-11-13-15-17-21/h11,13,20H,3-10,12,14-19H2,1-2H3/b13-11-. The summed E-state index contributed by atoms with van der Waals surface area (Å²) in [5, 5.41) is 0. The molecule has 0 amide bonds. The van der Waals surface area contributed by atoms with Crippen molar-refractivity contribution >= 4 is 22.6 Å². The molecule has 0 saturated heterocycles. The summed E-state index contributed by atoms with van der Waals surface area (Å²) in [6, 6.07) is 0. The maximum Gasteiger partial charge on any atom is 0.157 e. The van der Waals surface area contributed by atoms with Gasteiger partial charge in [0.15, 0.2) is 6.29 Å². The third kappa shape index (κ3) is 18.6. The zero-order chi connectivity index (χ0) is 17.0. The Bertz CT molecular complexity index is 234. The van der Waals surface area contributed by atoms with E-state index < -0.39 is 0 Å². The van der Waals surface area contributed by atoms with Gasteiger partial charge in [-0.05, 0) is 44.9 Å². The molecule has 0 heterocycles. The zero-order valence-corrected chi connectivity index (χ0v) is 17.7. The van der Waals surface area contributed by atoms with Crippen LogP contribution in [0.5, 0.6) is 0 Å². The monoisotopic (exact) mass is 438 g/mol. The van der Waals surface area contributed by atoms with Crippen LogP contribution in [-0.4, -0.2) is 23.9 Å². The highest BCUT2D eigenvalue weighted by molar-refractivity contribution is 14.1. The molecule has 0 aliphatic carbocycles. The van der Waals surface area contributed by atoms with E-state index in [-0.39, 0.29) is 6.29 Å². The second-order valence-corrected chi connectivity index (χ2v) is 7.25. The molecule has 0 spiro atoms. The highest BCUT2D eigenvalue weighted by Gasteiger charge is 2.08. The van der Waals surface area contributed by atoms with Crippen molar-refractivity contribution in [3.8, 4) is 0 Å². The van der Waals surface area contributed by atoms with Crippen molar-refractivity contribution in [2.24, 2.45) is 0 Å². The van der Waals surface area contributed by atoms with E-state index in [9.17, 15) is 0 Å². The Morgan fingerprint density at radius 2 is 1.30 bits per heavy atom. The molecule has 138 valence electrons. The number of unbranched alkanes of at least 4 members (excludes halogenated alkanes) is 7. The number of halogens is 1. The molecule has 3 heteroatoms. The molecule has 0 saturated carbocycles. The summed E-state index contributed by atoms with van der Waals surface area (Å²) in [6.07, 6.45) is 19.4. The summed E-state index contributed by atoms with van der Waals surface area (Å²) in [5.74, 6) is 0. The van der Waals surface area contributed by atoms with Crippen LogP contribution in [0.2, 0.25) is 0 Å². The summed E-state index contributed by atoms with van der Waals surface area (Å²) < 4.78 is 13.0. The van der Waals surface area contributed by atoms with Gasteiger partial charge in [0, 0.05) is 17.6 Å². The molecule has 23 heavy (non-hydrogen) atoms. The van der Waals surface area contributed by atoms with Crippen LogP contribution in [0.25, 0.3) is 0 Å². The van der Waals surface area contributed by atoms with Gasteiger partial charge in [-0.15, -0.1) is 0 Å². The summed E-state index contributed by atoms with van der Waals surface area (Å²) in [7, 11) is 0. The Morgan fingerprint density at radius 1 is 0.739 bits per heavy atom. The number of alkyl halides is 1. The van der Waals surface area contributed by atoms with E-state index in [0.29, 0.717) is 0 Å². The van der Waals surface area contributed by atoms with Gasteiger partial charge in [0.1, 0.15) is 0 Å². The van der Waals surface area contributed by atoms with Crippen LogP contribution in [0.1, 0.15) is 90.9 Å². The third-order valence-corrected chi connectivity index (χ3v) is 4.48. The van der Waals surface area contributed by atoms with Crippen molar-refractivity contribution < 1.29 is 9.47 Å². The van der Waals surface area contributed by atoms with Gasteiger partial charge in [-0.1, -0.05) is 80.7 Å². The minimum Gasteiger partial charge on any atom is -0.353 e. The van der Waals surface area contributed by atoms with Crippen molar-refractivity contribution in [3.05, 3.63) is 12.2 Å². The molecule has 0 atom stereocenters. The Labute approximate surface area is 158 Å². The number of rotatable bonds is 18. The van der Waals surface area contributed by atoms with Gasteiger partial charge in [0.25, 0.3) is 0 Å². The average molecular weight is 438 g/mol. The molecule has 0 N–H and O–H groups in total. The van der Waals surface area contributed by atoms with Crippen LogP contribution in [-0.2, 0) is 9.47 Å². The van der Waals surface area contributed by atoms with E-state index in [1.807, 2.05) is 0 Å². The molecular formula is C20H39IO2. The van der Waals surface area contributed by atoms with Crippen molar-refractivity contribution in [2.75, 3.05) is 17.6 Å². The molecule has 0 aromatic heterocycles. The lowest BCUT2D eigenvalue weighted by Crippen LogP contribution is -2.18. The molecule has 0 aromatic rings. The van der Waals surface area contributed by atoms with E-state index in [2.05, 4.69) is 48.6 Å². The predicted octanol–water partition coefficient (Wildman–Crippen LogP) is 7.06. The molecule has 0 unspecified atom stereocenters. The number of hydrogen-bond donors (Lipinski definition) is 0. The average Bonchev–Trinajstić information content (AvgIpc) is 2.56. The van der Waals surface area contributed by atoms with Crippen LogP contribution in [0.15, 0.2) is 12.2 Å². The van der Waals surface area contributed by atoms with Crippen LogP contribution in [0.3, 0.4) is 0 Å². The lowest BCUT2D eigenvalue weighted by atomic mass is 10.1. The molecule has 0 fully saturated rings. The Hall–Kier alpha value is 0.390. The SMILES string of the molecule is CCCCOC(CCCCCCC/C=C\CCI)OCCCC. The van der Waals surface area contributed by atoms with E-state index in [4.69, 9.17) is 9.47 Å². The smallest absolute Gasteiger partial charge is 0.157 e. The van der Waals surface area contributed by atoms with Crippen molar-refractivity contribution in [3.63, 3.8) is 0 Å². The van der Waals surface area contributed by atoms with Gasteiger partial charge in [-0.2, -0.15) is 0 Å². The van der Waals surface area contributed by atoms with E-state index >= 15 is 0 Å². The van der Waals surface area contributed by atoms with Crippen LogP contribution >= 0.6 is 22.6 Å². The van der Waals surface area contributed by atoms with E-state index in [1.54, 1.807) is 0 Å². The predicted molar refractivity (Wildman–Crippen MR) is 110 cm³/mol. The highest BCUT2D eigenvalue weighted by atomic mass is 127. The van der Waals surface area contributed by atoms with Crippen molar-refractivity contribution in [1.82, 2.24) is 0 Å². The van der Waals surface area contributed by atoms with Gasteiger partial charge in [0.2, 0.25) is 0 Å². The van der Waals surface area contributed by atoms with Crippen molar-refractivity contribution in [2.45, 2.75) is 97.2 Å². The minimum atomic E-state index is 0.0318. The van der Waals surface area contributed by atoms with E-state index in [0.717, 1.165) is 32.5 Å². The lowest BCUT2D eigenvalue weighted by Gasteiger charge is -2.18. The number of ether oxygens (including phenoxy) is 2. The molecule has 0 aliphatic rings. The van der Waals surface area contributed by atoms with Gasteiger partial charge in [-0.25, -0.2) is 0 Å². The topological polar surface area (TPSA) is 18.5 Å². The largest absolute Gasteiger partial charge is 0.353 e. The van der Waals surface area contributed by atoms with Gasteiger partial charge >= 0.3 is 0 Å². The first-order chi connectivity index (χ1) is 11.3. The van der Waals surface area contributed by atoms with E-state index in [1.165, 1.54) is 62.2 Å². The molecule has 0 rings (SSSR count). The van der Waals surface area contributed by atoms with Crippen LogP contribution in [0.4, 0.5) is 0 Å². The molecule has 0 aromatic carbocycles. The third-order valence-electron chi connectivity index (χ3n) is 3.86. The molecule has 0 aliphatic heterocycles. The maximum absolute atomic E-state index is 5.88. The summed E-state index contributed by atoms with van der Waals surface area (Å²) in [5.41, 5.74) is 0. The van der Waals surface area contributed by atoms with Gasteiger partial charge < -0.3 is 9.47 Å². The van der Waals surface area contributed by atoms with Crippen molar-refractivity contribution in [1.29, 1.82) is 0 Å². The first-order valence-corrected chi connectivity index (χ1v) is 11.3. The highest BCUT2D eigenvalue weighted by Crippen LogP contribution is 2.13.